The highest BCUT2D eigenvalue weighted by Gasteiger charge is 2.10. The van der Waals surface area contributed by atoms with E-state index in [0.717, 1.165) is 16.7 Å². The Balaban J connectivity index is 2.06. The number of aromatic nitrogens is 4. The van der Waals surface area contributed by atoms with Crippen LogP contribution in [-0.2, 0) is 0 Å². The zero-order chi connectivity index (χ0) is 13.9. The Morgan fingerprint density at radius 1 is 0.900 bits per heavy atom. The van der Waals surface area contributed by atoms with Gasteiger partial charge in [0, 0.05) is 5.56 Å². The number of halogens is 2. The summed E-state index contributed by atoms with van der Waals surface area (Å²) in [6.45, 7) is 0. The minimum absolute atomic E-state index is 0.165. The monoisotopic (exact) mass is 392 g/mol. The van der Waals surface area contributed by atoms with E-state index in [4.69, 9.17) is 0 Å². The van der Waals surface area contributed by atoms with E-state index in [0.29, 0.717) is 5.82 Å². The van der Waals surface area contributed by atoms with Crippen molar-refractivity contribution in [2.24, 2.45) is 0 Å². The largest absolute Gasteiger partial charge is 0.239 e. The van der Waals surface area contributed by atoms with Crippen LogP contribution in [0.15, 0.2) is 48.5 Å². The maximum atomic E-state index is 3.99. The Kier molecular flexibility index (Phi) is 3.93. The predicted molar refractivity (Wildman–Crippen MR) is 85.6 cm³/mol. The molecule has 3 rings (SSSR count). The van der Waals surface area contributed by atoms with Crippen LogP contribution in [0.2, 0.25) is 0 Å². The lowest BCUT2D eigenvalue weighted by atomic mass is 9.98. The molecule has 6 heteroatoms. The summed E-state index contributed by atoms with van der Waals surface area (Å²) in [5.41, 5.74) is 4.38. The molecule has 2 aromatic carbocycles. The predicted octanol–water partition coefficient (Wildman–Crippen LogP) is 4.32. The second kappa shape index (κ2) is 5.85. The van der Waals surface area contributed by atoms with E-state index in [1.807, 2.05) is 18.2 Å². The minimum atomic E-state index is 0.165. The van der Waals surface area contributed by atoms with E-state index >= 15 is 0 Å². The summed E-state index contributed by atoms with van der Waals surface area (Å²) < 4.78 is 0.165. The molecule has 0 fully saturated rings. The normalized spacial score (nSPS) is 10.9. The number of H-pyrrole nitrogens is 1. The fourth-order valence-electron chi connectivity index (χ4n) is 2.02. The second-order valence-electron chi connectivity index (χ2n) is 4.22. The van der Waals surface area contributed by atoms with Gasteiger partial charge in [-0.1, -0.05) is 80.4 Å². The molecule has 0 saturated carbocycles. The summed E-state index contributed by atoms with van der Waals surface area (Å²) in [5, 5.41) is 14.1. The molecule has 3 aromatic rings. The highest BCUT2D eigenvalue weighted by Crippen LogP contribution is 2.33. The number of hydrogen-bond donors (Lipinski definition) is 1. The number of nitrogens with one attached hydrogen (secondary N) is 1. The first-order valence-corrected chi connectivity index (χ1v) is 7.80. The number of nitrogens with zero attached hydrogens (tertiary/aromatic N) is 3. The van der Waals surface area contributed by atoms with Crippen LogP contribution in [0, 0.1) is 0 Å². The van der Waals surface area contributed by atoms with Crippen LogP contribution in [-0.4, -0.2) is 20.6 Å². The zero-order valence-corrected chi connectivity index (χ0v) is 13.5. The molecule has 1 aromatic heterocycles. The molecule has 0 radical (unpaired) electrons. The standard InChI is InChI=1S/C14H10Br2N4/c15-13(16)10-7-5-9(6-8-10)11-3-1-2-4-12(11)14-17-19-20-18-14/h1-8,13H,(H,17,18,19,20). The van der Waals surface area contributed by atoms with Gasteiger partial charge in [0.2, 0.25) is 0 Å². The number of tetrazole rings is 1. The van der Waals surface area contributed by atoms with Gasteiger partial charge >= 0.3 is 0 Å². The lowest BCUT2D eigenvalue weighted by Crippen LogP contribution is -1.88. The average Bonchev–Trinajstić information content (AvgIpc) is 3.01. The number of hydrogen-bond acceptors (Lipinski definition) is 3. The van der Waals surface area contributed by atoms with Gasteiger partial charge < -0.3 is 0 Å². The maximum absolute atomic E-state index is 3.99. The first kappa shape index (κ1) is 13.5. The molecule has 100 valence electrons. The molecule has 0 bridgehead atoms. The second-order valence-corrected chi connectivity index (χ2v) is 7.28. The van der Waals surface area contributed by atoms with Gasteiger partial charge in [0.25, 0.3) is 0 Å². The Labute approximate surface area is 132 Å². The van der Waals surface area contributed by atoms with Crippen LogP contribution in [0.3, 0.4) is 0 Å². The van der Waals surface area contributed by atoms with Crippen LogP contribution in [0.4, 0.5) is 0 Å². The van der Waals surface area contributed by atoms with E-state index in [-0.39, 0.29) is 3.74 Å². The molecule has 0 unspecified atom stereocenters. The highest BCUT2D eigenvalue weighted by molar-refractivity contribution is 9.24. The molecular weight excluding hydrogens is 384 g/mol. The Hall–Kier alpha value is -1.53. The van der Waals surface area contributed by atoms with Gasteiger partial charge in [0.1, 0.15) is 0 Å². The van der Waals surface area contributed by atoms with Gasteiger partial charge in [0.15, 0.2) is 5.82 Å². The summed E-state index contributed by atoms with van der Waals surface area (Å²) >= 11 is 6.99. The van der Waals surface area contributed by atoms with Crippen molar-refractivity contribution in [3.8, 4) is 22.5 Å². The van der Waals surface area contributed by atoms with Crippen molar-refractivity contribution in [3.63, 3.8) is 0 Å². The van der Waals surface area contributed by atoms with Crippen LogP contribution >= 0.6 is 31.9 Å². The van der Waals surface area contributed by atoms with E-state index in [9.17, 15) is 0 Å². The molecule has 0 spiro atoms. The zero-order valence-electron chi connectivity index (χ0n) is 10.3. The lowest BCUT2D eigenvalue weighted by molar-refractivity contribution is 0.881. The van der Waals surface area contributed by atoms with Gasteiger partial charge in [-0.25, -0.2) is 5.10 Å². The van der Waals surface area contributed by atoms with Crippen LogP contribution < -0.4 is 0 Å². The number of rotatable bonds is 3. The van der Waals surface area contributed by atoms with Crippen molar-refractivity contribution in [1.29, 1.82) is 0 Å². The molecule has 0 saturated heterocycles. The van der Waals surface area contributed by atoms with E-state index in [2.05, 4.69) is 82.8 Å². The molecule has 4 nitrogen and oxygen atoms in total. The molecule has 0 aliphatic carbocycles. The first-order valence-electron chi connectivity index (χ1n) is 5.97. The fourth-order valence-corrected chi connectivity index (χ4v) is 2.63. The molecule has 0 aliphatic rings. The van der Waals surface area contributed by atoms with Gasteiger partial charge in [-0.2, -0.15) is 0 Å². The van der Waals surface area contributed by atoms with Gasteiger partial charge in [0.05, 0.1) is 3.74 Å². The molecular formula is C14H10Br2N4. The third-order valence-corrected chi connectivity index (χ3v) is 4.06. The van der Waals surface area contributed by atoms with E-state index < -0.39 is 0 Å². The van der Waals surface area contributed by atoms with Crippen LogP contribution in [0.5, 0.6) is 0 Å². The molecule has 0 atom stereocenters. The van der Waals surface area contributed by atoms with Gasteiger partial charge in [-0.15, -0.1) is 5.10 Å². The summed E-state index contributed by atoms with van der Waals surface area (Å²) in [4.78, 5) is 0. The Morgan fingerprint density at radius 3 is 2.20 bits per heavy atom. The Morgan fingerprint density at radius 2 is 1.60 bits per heavy atom. The summed E-state index contributed by atoms with van der Waals surface area (Å²) in [7, 11) is 0. The van der Waals surface area contributed by atoms with Crippen molar-refractivity contribution < 1.29 is 0 Å². The number of aromatic amines is 1. The average molecular weight is 394 g/mol. The van der Waals surface area contributed by atoms with Crippen molar-refractivity contribution in [2.75, 3.05) is 0 Å². The summed E-state index contributed by atoms with van der Waals surface area (Å²) in [6, 6.07) is 16.4. The topological polar surface area (TPSA) is 54.5 Å². The first-order chi connectivity index (χ1) is 9.75. The molecule has 1 heterocycles. The van der Waals surface area contributed by atoms with Crippen LogP contribution in [0.1, 0.15) is 9.30 Å². The van der Waals surface area contributed by atoms with Crippen molar-refractivity contribution >= 4 is 31.9 Å². The number of alkyl halides is 2. The quantitative estimate of drug-likeness (QED) is 0.674. The highest BCUT2D eigenvalue weighted by atomic mass is 79.9. The van der Waals surface area contributed by atoms with E-state index in [1.165, 1.54) is 5.56 Å². The lowest BCUT2D eigenvalue weighted by Gasteiger charge is -2.08. The molecule has 20 heavy (non-hydrogen) atoms. The fraction of sp³-hybridized carbons (Fsp3) is 0.0714. The van der Waals surface area contributed by atoms with Gasteiger partial charge in [-0.05, 0) is 27.1 Å². The molecule has 0 amide bonds. The Bertz CT molecular complexity index is 693. The smallest absolute Gasteiger partial charge is 0.180 e. The van der Waals surface area contributed by atoms with Crippen molar-refractivity contribution in [2.45, 2.75) is 3.74 Å². The maximum Gasteiger partial charge on any atom is 0.180 e. The van der Waals surface area contributed by atoms with Crippen LogP contribution in [0.25, 0.3) is 22.5 Å². The van der Waals surface area contributed by atoms with Crippen molar-refractivity contribution in [3.05, 3.63) is 54.1 Å². The minimum Gasteiger partial charge on any atom is -0.239 e. The third kappa shape index (κ3) is 2.66. The third-order valence-electron chi connectivity index (χ3n) is 3.00. The van der Waals surface area contributed by atoms with Crippen molar-refractivity contribution in [1.82, 2.24) is 20.6 Å². The molecule has 0 aliphatic heterocycles. The summed E-state index contributed by atoms with van der Waals surface area (Å²) in [6.07, 6.45) is 0. The van der Waals surface area contributed by atoms with Gasteiger partial charge in [-0.3, -0.25) is 0 Å². The molecule has 1 N–H and O–H groups in total. The SMILES string of the molecule is BrC(Br)c1ccc(-c2ccccc2-c2nnn[nH]2)cc1. The summed E-state index contributed by atoms with van der Waals surface area (Å²) in [5.74, 6) is 0.670. The van der Waals surface area contributed by atoms with E-state index in [1.54, 1.807) is 0 Å². The number of benzene rings is 2.